The molecule has 2 aromatic rings. The highest BCUT2D eigenvalue weighted by Crippen LogP contribution is 2.39. The molecule has 0 bridgehead atoms. The lowest BCUT2D eigenvalue weighted by Crippen LogP contribution is -1.91. The van der Waals surface area contributed by atoms with Gasteiger partial charge in [-0.1, -0.05) is 43.5 Å². The summed E-state index contributed by atoms with van der Waals surface area (Å²) in [7, 11) is 0. The van der Waals surface area contributed by atoms with E-state index in [1.165, 1.54) is 9.75 Å². The van der Waals surface area contributed by atoms with Gasteiger partial charge < -0.3 is 0 Å². The van der Waals surface area contributed by atoms with Crippen molar-refractivity contribution in [1.29, 1.82) is 0 Å². The number of rotatable bonds is 2. The Morgan fingerprint density at radius 2 is 2.00 bits per heavy atom. The maximum Gasteiger partial charge on any atom is 0.0749 e. The summed E-state index contributed by atoms with van der Waals surface area (Å²) in [6.45, 7) is 2.11. The van der Waals surface area contributed by atoms with E-state index in [1.807, 2.05) is 18.2 Å². The number of aryl methyl sites for hydroxylation is 1. The van der Waals surface area contributed by atoms with Gasteiger partial charge in [-0.2, -0.15) is 0 Å². The minimum atomic E-state index is 0.194. The summed E-state index contributed by atoms with van der Waals surface area (Å²) >= 11 is 15.1. The van der Waals surface area contributed by atoms with Gasteiger partial charge in [0, 0.05) is 19.2 Å². The number of hydrogen-bond acceptors (Lipinski definition) is 1. The standard InChI is InChI=1S/C12H9Br2ClS/c1-7-2-5-11(16-7)12(14)9-6-8(15)3-4-10(9)13/h2-6,12H,1H3. The molecular formula is C12H9Br2ClS. The highest BCUT2D eigenvalue weighted by Gasteiger charge is 2.15. The Morgan fingerprint density at radius 3 is 2.62 bits per heavy atom. The Bertz CT molecular complexity index is 507. The van der Waals surface area contributed by atoms with Crippen molar-refractivity contribution in [3.05, 3.63) is 55.1 Å². The largest absolute Gasteiger partial charge is 0.144 e. The number of benzene rings is 1. The second-order valence-electron chi connectivity index (χ2n) is 3.48. The first-order valence-electron chi connectivity index (χ1n) is 4.73. The average molecular weight is 381 g/mol. The topological polar surface area (TPSA) is 0 Å². The van der Waals surface area contributed by atoms with Crippen molar-refractivity contribution in [3.63, 3.8) is 0 Å². The van der Waals surface area contributed by atoms with Gasteiger partial charge in [-0.15, -0.1) is 11.3 Å². The Hall–Kier alpha value is 0.170. The molecule has 0 nitrogen and oxygen atoms in total. The van der Waals surface area contributed by atoms with Gasteiger partial charge >= 0.3 is 0 Å². The lowest BCUT2D eigenvalue weighted by atomic mass is 10.1. The number of alkyl halides is 1. The van der Waals surface area contributed by atoms with Crippen molar-refractivity contribution in [2.45, 2.75) is 11.8 Å². The van der Waals surface area contributed by atoms with Crippen LogP contribution in [-0.2, 0) is 0 Å². The number of hydrogen-bond donors (Lipinski definition) is 0. The molecule has 0 spiro atoms. The molecule has 4 heteroatoms. The van der Waals surface area contributed by atoms with Crippen molar-refractivity contribution in [1.82, 2.24) is 0 Å². The second-order valence-corrected chi connectivity index (χ2v) is 7.00. The lowest BCUT2D eigenvalue weighted by molar-refractivity contribution is 1.21. The first-order chi connectivity index (χ1) is 7.58. The lowest BCUT2D eigenvalue weighted by Gasteiger charge is -2.10. The Kier molecular flexibility index (Phi) is 4.11. The molecule has 0 saturated heterocycles. The number of thiophene rings is 1. The van der Waals surface area contributed by atoms with Crippen molar-refractivity contribution in [2.75, 3.05) is 0 Å². The van der Waals surface area contributed by atoms with E-state index in [-0.39, 0.29) is 4.83 Å². The maximum absolute atomic E-state index is 6.02. The van der Waals surface area contributed by atoms with Crippen LogP contribution in [0.4, 0.5) is 0 Å². The minimum Gasteiger partial charge on any atom is -0.144 e. The van der Waals surface area contributed by atoms with E-state index in [0.717, 1.165) is 15.1 Å². The van der Waals surface area contributed by atoms with E-state index >= 15 is 0 Å². The summed E-state index contributed by atoms with van der Waals surface area (Å²) in [5, 5.41) is 0.760. The summed E-state index contributed by atoms with van der Waals surface area (Å²) in [6.07, 6.45) is 0. The van der Waals surface area contributed by atoms with Gasteiger partial charge in [-0.25, -0.2) is 0 Å². The van der Waals surface area contributed by atoms with Crippen LogP contribution in [0.5, 0.6) is 0 Å². The van der Waals surface area contributed by atoms with Crippen LogP contribution in [-0.4, -0.2) is 0 Å². The normalized spacial score (nSPS) is 12.8. The first kappa shape index (κ1) is 12.6. The van der Waals surface area contributed by atoms with Crippen molar-refractivity contribution < 1.29 is 0 Å². The minimum absolute atomic E-state index is 0.194. The predicted molar refractivity (Wildman–Crippen MR) is 79.0 cm³/mol. The van der Waals surface area contributed by atoms with Crippen LogP contribution in [0.15, 0.2) is 34.8 Å². The molecule has 1 atom stereocenters. The van der Waals surface area contributed by atoms with Gasteiger partial charge in [0.15, 0.2) is 0 Å². The van der Waals surface area contributed by atoms with E-state index in [4.69, 9.17) is 11.6 Å². The van der Waals surface area contributed by atoms with Crippen LogP contribution in [0.1, 0.15) is 20.1 Å². The van der Waals surface area contributed by atoms with Gasteiger partial charge in [0.2, 0.25) is 0 Å². The molecule has 84 valence electrons. The molecule has 0 aliphatic carbocycles. The van der Waals surface area contributed by atoms with E-state index in [1.54, 1.807) is 11.3 Å². The highest BCUT2D eigenvalue weighted by molar-refractivity contribution is 9.11. The van der Waals surface area contributed by atoms with Gasteiger partial charge in [0.1, 0.15) is 0 Å². The first-order valence-corrected chi connectivity index (χ1v) is 7.63. The van der Waals surface area contributed by atoms with Crippen LogP contribution in [0.2, 0.25) is 5.02 Å². The molecule has 0 aliphatic rings. The molecule has 16 heavy (non-hydrogen) atoms. The van der Waals surface area contributed by atoms with Crippen LogP contribution in [0, 0.1) is 6.92 Å². The fourth-order valence-electron chi connectivity index (χ4n) is 1.45. The average Bonchev–Trinajstić information content (AvgIpc) is 2.67. The third-order valence-electron chi connectivity index (χ3n) is 2.24. The molecule has 0 N–H and O–H groups in total. The van der Waals surface area contributed by atoms with E-state index < -0.39 is 0 Å². The summed E-state index contributed by atoms with van der Waals surface area (Å²) in [4.78, 5) is 2.80. The maximum atomic E-state index is 6.02. The Balaban J connectivity index is 2.40. The van der Waals surface area contributed by atoms with Gasteiger partial charge in [0.05, 0.1) is 4.83 Å². The zero-order valence-electron chi connectivity index (χ0n) is 8.51. The van der Waals surface area contributed by atoms with Crippen molar-refractivity contribution in [3.8, 4) is 0 Å². The monoisotopic (exact) mass is 378 g/mol. The molecule has 0 amide bonds. The Morgan fingerprint density at radius 1 is 1.25 bits per heavy atom. The molecular weight excluding hydrogens is 371 g/mol. The number of halogens is 3. The quantitative estimate of drug-likeness (QED) is 0.564. The smallest absolute Gasteiger partial charge is 0.0749 e. The zero-order chi connectivity index (χ0) is 11.7. The molecule has 0 aliphatic heterocycles. The molecule has 0 saturated carbocycles. The molecule has 0 radical (unpaired) electrons. The van der Waals surface area contributed by atoms with Crippen molar-refractivity contribution in [2.24, 2.45) is 0 Å². The zero-order valence-corrected chi connectivity index (χ0v) is 13.3. The molecule has 1 aromatic heterocycles. The van der Waals surface area contributed by atoms with E-state index in [0.29, 0.717) is 0 Å². The van der Waals surface area contributed by atoms with Crippen LogP contribution >= 0.6 is 54.8 Å². The van der Waals surface area contributed by atoms with Gasteiger partial charge in [-0.05, 0) is 42.8 Å². The van der Waals surface area contributed by atoms with Gasteiger partial charge in [-0.3, -0.25) is 0 Å². The van der Waals surface area contributed by atoms with E-state index in [9.17, 15) is 0 Å². The van der Waals surface area contributed by atoms with E-state index in [2.05, 4.69) is 50.9 Å². The third-order valence-corrected chi connectivity index (χ3v) is 5.55. The summed E-state index contributed by atoms with van der Waals surface area (Å²) in [6, 6.07) is 10.1. The molecule has 2 rings (SSSR count). The molecule has 1 heterocycles. The fourth-order valence-corrected chi connectivity index (χ4v) is 4.10. The SMILES string of the molecule is Cc1ccc(C(Br)c2cc(Cl)ccc2Br)s1. The second kappa shape index (κ2) is 5.21. The van der Waals surface area contributed by atoms with Crippen molar-refractivity contribution >= 4 is 54.8 Å². The predicted octanol–water partition coefficient (Wildman–Crippen LogP) is 5.96. The fraction of sp³-hybridized carbons (Fsp3) is 0.167. The Labute approximate surface area is 121 Å². The van der Waals surface area contributed by atoms with Crippen LogP contribution < -0.4 is 0 Å². The third kappa shape index (κ3) is 2.70. The molecule has 1 unspecified atom stereocenters. The van der Waals surface area contributed by atoms with Crippen LogP contribution in [0.3, 0.4) is 0 Å². The van der Waals surface area contributed by atoms with Gasteiger partial charge in [0.25, 0.3) is 0 Å². The highest BCUT2D eigenvalue weighted by atomic mass is 79.9. The molecule has 0 fully saturated rings. The van der Waals surface area contributed by atoms with Crippen LogP contribution in [0.25, 0.3) is 0 Å². The summed E-state index contributed by atoms with van der Waals surface area (Å²) < 4.78 is 1.07. The summed E-state index contributed by atoms with van der Waals surface area (Å²) in [5.41, 5.74) is 1.16. The molecule has 1 aromatic carbocycles. The summed E-state index contributed by atoms with van der Waals surface area (Å²) in [5.74, 6) is 0.